The molecule has 0 aliphatic heterocycles. The van der Waals surface area contributed by atoms with Gasteiger partial charge in [0.25, 0.3) is 0 Å². The fourth-order valence-electron chi connectivity index (χ4n) is 1.06. The first-order valence-corrected chi connectivity index (χ1v) is 3.61. The molecule has 0 amide bonds. The molecule has 0 aromatic carbocycles. The molecule has 0 unspecified atom stereocenters. The molecule has 0 N–H and O–H groups in total. The lowest BCUT2D eigenvalue weighted by Gasteiger charge is -1.94. The van der Waals surface area contributed by atoms with E-state index in [-0.39, 0.29) is 0 Å². The Morgan fingerprint density at radius 1 is 1.55 bits per heavy atom. The molecule has 0 radical (unpaired) electrons. The lowest BCUT2D eigenvalue weighted by Crippen LogP contribution is -1.91. The van der Waals surface area contributed by atoms with Crippen molar-refractivity contribution in [2.75, 3.05) is 0 Å². The molecule has 0 saturated carbocycles. The molecule has 0 atom stereocenters. The first kappa shape index (κ1) is 6.61. The smallest absolute Gasteiger partial charge is 0.156 e. The molecule has 0 fully saturated rings. The molecule has 0 saturated heterocycles. The van der Waals surface area contributed by atoms with Gasteiger partial charge in [-0.3, -0.25) is 0 Å². The van der Waals surface area contributed by atoms with Gasteiger partial charge < -0.3 is 0 Å². The summed E-state index contributed by atoms with van der Waals surface area (Å²) in [6, 6.07) is 1.95. The third-order valence-corrected chi connectivity index (χ3v) is 1.89. The molecular weight excluding hydrogens is 162 g/mol. The van der Waals surface area contributed by atoms with E-state index >= 15 is 0 Å². The second-order valence-corrected chi connectivity index (χ2v) is 2.70. The molecule has 0 bridgehead atoms. The fraction of sp³-hybridized carbons (Fsp3) is 0.143. The highest BCUT2D eigenvalue weighted by Crippen LogP contribution is 2.16. The number of halogens is 1. The van der Waals surface area contributed by atoms with Crippen LogP contribution < -0.4 is 0 Å². The van der Waals surface area contributed by atoms with Gasteiger partial charge in [0.1, 0.15) is 11.8 Å². The Morgan fingerprint density at radius 2 is 2.36 bits per heavy atom. The van der Waals surface area contributed by atoms with Crippen LogP contribution in [0.5, 0.6) is 0 Å². The van der Waals surface area contributed by atoms with Crippen molar-refractivity contribution in [2.24, 2.45) is 0 Å². The van der Waals surface area contributed by atoms with Gasteiger partial charge in [0.15, 0.2) is 5.15 Å². The van der Waals surface area contributed by atoms with Gasteiger partial charge in [-0.15, -0.1) is 0 Å². The van der Waals surface area contributed by atoms with Gasteiger partial charge in [0, 0.05) is 6.20 Å². The zero-order valence-electron chi connectivity index (χ0n) is 5.95. The summed E-state index contributed by atoms with van der Waals surface area (Å²) in [6.45, 7) is 1.98. The van der Waals surface area contributed by atoms with Crippen LogP contribution in [-0.2, 0) is 0 Å². The van der Waals surface area contributed by atoms with Crippen LogP contribution in [0.25, 0.3) is 5.52 Å². The number of fused-ring (bicyclic) bond motifs is 1. The molecule has 0 aliphatic rings. The van der Waals surface area contributed by atoms with Crippen molar-refractivity contribution in [1.29, 1.82) is 0 Å². The summed E-state index contributed by atoms with van der Waals surface area (Å²) in [4.78, 5) is 3.87. The Hall–Kier alpha value is -1.09. The van der Waals surface area contributed by atoms with Crippen molar-refractivity contribution in [1.82, 2.24) is 14.6 Å². The number of aryl methyl sites for hydroxylation is 1. The number of nitrogens with zero attached hydrogens (tertiary/aromatic N) is 3. The molecular formula is C7H6ClN3. The number of hydrogen-bond donors (Lipinski definition) is 0. The van der Waals surface area contributed by atoms with Crippen molar-refractivity contribution in [3.05, 3.63) is 29.3 Å². The number of hydrogen-bond acceptors (Lipinski definition) is 2. The van der Waals surface area contributed by atoms with E-state index in [1.165, 1.54) is 6.33 Å². The van der Waals surface area contributed by atoms with Gasteiger partial charge >= 0.3 is 0 Å². The Bertz CT molecular complexity index is 393. The van der Waals surface area contributed by atoms with Crippen LogP contribution in [0.2, 0.25) is 5.15 Å². The van der Waals surface area contributed by atoms with E-state index in [2.05, 4.69) is 10.1 Å². The second-order valence-electron chi connectivity index (χ2n) is 2.34. The SMILES string of the molecule is Cc1ccn2ncnc(Cl)c12. The maximum absolute atomic E-state index is 5.83. The monoisotopic (exact) mass is 167 g/mol. The first-order valence-electron chi connectivity index (χ1n) is 3.23. The molecule has 3 nitrogen and oxygen atoms in total. The van der Waals surface area contributed by atoms with Crippen molar-refractivity contribution < 1.29 is 0 Å². The summed E-state index contributed by atoms with van der Waals surface area (Å²) < 4.78 is 1.71. The van der Waals surface area contributed by atoms with Crippen LogP contribution in [-0.4, -0.2) is 14.6 Å². The minimum Gasteiger partial charge on any atom is -0.236 e. The summed E-state index contributed by atoms with van der Waals surface area (Å²) in [7, 11) is 0. The van der Waals surface area contributed by atoms with Crippen molar-refractivity contribution in [3.8, 4) is 0 Å². The molecule has 0 spiro atoms. The highest BCUT2D eigenvalue weighted by molar-refractivity contribution is 6.32. The first-order chi connectivity index (χ1) is 5.29. The summed E-state index contributed by atoms with van der Waals surface area (Å²) >= 11 is 5.83. The minimum atomic E-state index is 0.502. The largest absolute Gasteiger partial charge is 0.236 e. The Balaban J connectivity index is 2.96. The third-order valence-electron chi connectivity index (χ3n) is 1.61. The van der Waals surface area contributed by atoms with E-state index in [9.17, 15) is 0 Å². The van der Waals surface area contributed by atoms with E-state index in [0.29, 0.717) is 5.15 Å². The highest BCUT2D eigenvalue weighted by atomic mass is 35.5. The summed E-state index contributed by atoms with van der Waals surface area (Å²) in [5.41, 5.74) is 1.98. The van der Waals surface area contributed by atoms with Crippen molar-refractivity contribution in [2.45, 2.75) is 6.92 Å². The molecule has 11 heavy (non-hydrogen) atoms. The van der Waals surface area contributed by atoms with Crippen LogP contribution in [0.3, 0.4) is 0 Å². The van der Waals surface area contributed by atoms with E-state index < -0.39 is 0 Å². The van der Waals surface area contributed by atoms with Gasteiger partial charge in [-0.25, -0.2) is 9.50 Å². The number of rotatable bonds is 0. The zero-order valence-corrected chi connectivity index (χ0v) is 6.71. The number of aromatic nitrogens is 3. The van der Waals surface area contributed by atoms with Crippen molar-refractivity contribution >= 4 is 17.1 Å². The lowest BCUT2D eigenvalue weighted by molar-refractivity contribution is 0.902. The standard InChI is InChI=1S/C7H6ClN3/c1-5-2-3-11-6(5)7(8)9-4-10-11/h2-4H,1H3. The summed E-state index contributed by atoms with van der Waals surface area (Å²) in [5, 5.41) is 4.49. The normalized spacial score (nSPS) is 10.7. The van der Waals surface area contributed by atoms with Gasteiger partial charge in [-0.2, -0.15) is 5.10 Å². The zero-order chi connectivity index (χ0) is 7.84. The summed E-state index contributed by atoms with van der Waals surface area (Å²) in [5.74, 6) is 0. The third kappa shape index (κ3) is 0.886. The second kappa shape index (κ2) is 2.20. The summed E-state index contributed by atoms with van der Waals surface area (Å²) in [6.07, 6.45) is 3.30. The van der Waals surface area contributed by atoms with Crippen LogP contribution in [0, 0.1) is 6.92 Å². The average molecular weight is 168 g/mol. The van der Waals surface area contributed by atoms with Gasteiger partial charge in [0.05, 0.1) is 0 Å². The van der Waals surface area contributed by atoms with Crippen LogP contribution in [0.4, 0.5) is 0 Å². The van der Waals surface area contributed by atoms with E-state index in [1.54, 1.807) is 4.52 Å². The highest BCUT2D eigenvalue weighted by Gasteiger charge is 2.02. The quantitative estimate of drug-likeness (QED) is 0.598. The molecule has 2 rings (SSSR count). The molecule has 56 valence electrons. The molecule has 2 aromatic heterocycles. The molecule has 4 heteroatoms. The predicted octanol–water partition coefficient (Wildman–Crippen LogP) is 1.69. The Kier molecular flexibility index (Phi) is 1.32. The molecule has 2 heterocycles. The lowest BCUT2D eigenvalue weighted by atomic mass is 10.3. The minimum absolute atomic E-state index is 0.502. The fourth-order valence-corrected chi connectivity index (χ4v) is 1.34. The molecule has 2 aromatic rings. The van der Waals surface area contributed by atoms with Crippen molar-refractivity contribution in [3.63, 3.8) is 0 Å². The van der Waals surface area contributed by atoms with E-state index in [1.807, 2.05) is 19.2 Å². The predicted molar refractivity (Wildman–Crippen MR) is 42.7 cm³/mol. The average Bonchev–Trinajstić information content (AvgIpc) is 2.34. The van der Waals surface area contributed by atoms with Gasteiger partial charge in [-0.1, -0.05) is 11.6 Å². The maximum atomic E-state index is 5.83. The Morgan fingerprint density at radius 3 is 3.09 bits per heavy atom. The van der Waals surface area contributed by atoms with Crippen LogP contribution in [0.1, 0.15) is 5.56 Å². The Labute approximate surface area is 68.6 Å². The maximum Gasteiger partial charge on any atom is 0.156 e. The van der Waals surface area contributed by atoms with Crippen LogP contribution in [0.15, 0.2) is 18.6 Å². The van der Waals surface area contributed by atoms with E-state index in [4.69, 9.17) is 11.6 Å². The van der Waals surface area contributed by atoms with Gasteiger partial charge in [0.2, 0.25) is 0 Å². The van der Waals surface area contributed by atoms with E-state index in [0.717, 1.165) is 11.1 Å². The topological polar surface area (TPSA) is 30.2 Å². The molecule has 0 aliphatic carbocycles. The van der Waals surface area contributed by atoms with Gasteiger partial charge in [-0.05, 0) is 18.6 Å². The van der Waals surface area contributed by atoms with Crippen LogP contribution >= 0.6 is 11.6 Å².